The van der Waals surface area contributed by atoms with Crippen molar-refractivity contribution in [2.24, 2.45) is 11.8 Å². The lowest BCUT2D eigenvalue weighted by Crippen LogP contribution is -2.26. The molecule has 158 valence electrons. The van der Waals surface area contributed by atoms with Crippen molar-refractivity contribution >= 4 is 22.2 Å². The molecule has 0 amide bonds. The summed E-state index contributed by atoms with van der Waals surface area (Å²) in [4.78, 5) is 13.9. The fraction of sp³-hybridized carbons (Fsp3) is 0.348. The quantitative estimate of drug-likeness (QED) is 0.510. The zero-order valence-corrected chi connectivity index (χ0v) is 17.5. The van der Waals surface area contributed by atoms with Crippen LogP contribution in [0, 0.1) is 17.7 Å². The summed E-state index contributed by atoms with van der Waals surface area (Å²) >= 11 is 0. The Morgan fingerprint density at radius 2 is 1.84 bits per heavy atom. The number of rotatable bonds is 3. The Hall–Kier alpha value is -3.26. The zero-order valence-electron chi connectivity index (χ0n) is 17.5. The first-order valence-electron chi connectivity index (χ1n) is 10.5. The summed E-state index contributed by atoms with van der Waals surface area (Å²) in [5, 5.41) is 5.38. The van der Waals surface area contributed by atoms with Crippen molar-refractivity contribution in [3.05, 3.63) is 48.8 Å². The molecule has 5 heterocycles. The van der Waals surface area contributed by atoms with Gasteiger partial charge in [-0.25, -0.2) is 13.9 Å². The average molecular weight is 418 g/mol. The molecule has 0 bridgehead atoms. The fourth-order valence-electron chi connectivity index (χ4n) is 5.20. The number of hydrogen-bond donors (Lipinski definition) is 0. The van der Waals surface area contributed by atoms with Crippen LogP contribution in [0.25, 0.3) is 27.7 Å². The highest BCUT2D eigenvalue weighted by atomic mass is 19.1. The minimum absolute atomic E-state index is 0.193. The monoisotopic (exact) mass is 418 g/mol. The van der Waals surface area contributed by atoms with E-state index < -0.39 is 5.82 Å². The van der Waals surface area contributed by atoms with Crippen LogP contribution in [0.1, 0.15) is 0 Å². The number of ether oxygens (including phenoxy) is 1. The number of hydrogen-bond acceptors (Lipinski definition) is 6. The van der Waals surface area contributed by atoms with Crippen molar-refractivity contribution < 1.29 is 9.13 Å². The van der Waals surface area contributed by atoms with Crippen molar-refractivity contribution in [2.45, 2.75) is 0 Å². The summed E-state index contributed by atoms with van der Waals surface area (Å²) in [6.45, 7) is 4.47. The summed E-state index contributed by atoms with van der Waals surface area (Å²) in [6.07, 6.45) is 7.49. The molecule has 2 aliphatic heterocycles. The standard InChI is InChI=1S/C23H23FN6O/c1-28-9-14-11-29(12-15(14)10-28)16-7-26-23-19(8-27-30(23)13-16)17-3-4-25-21-6-20(24)22(31-2)5-18(17)21/h3-8,13-15H,9-12H2,1-2H3/t14-,15+. The van der Waals surface area contributed by atoms with Crippen LogP contribution in [-0.2, 0) is 0 Å². The number of benzene rings is 1. The Morgan fingerprint density at radius 1 is 1.03 bits per heavy atom. The van der Waals surface area contributed by atoms with Crippen molar-refractivity contribution in [1.29, 1.82) is 0 Å². The third-order valence-corrected chi connectivity index (χ3v) is 6.68. The summed E-state index contributed by atoms with van der Waals surface area (Å²) < 4.78 is 21.2. The van der Waals surface area contributed by atoms with E-state index in [1.807, 2.05) is 23.0 Å². The van der Waals surface area contributed by atoms with Crippen LogP contribution < -0.4 is 9.64 Å². The smallest absolute Gasteiger partial charge is 0.167 e. The van der Waals surface area contributed by atoms with Gasteiger partial charge < -0.3 is 14.5 Å². The van der Waals surface area contributed by atoms with Gasteiger partial charge >= 0.3 is 0 Å². The normalized spacial score (nSPS) is 21.3. The second-order valence-electron chi connectivity index (χ2n) is 8.65. The second-order valence-corrected chi connectivity index (χ2v) is 8.65. The first-order valence-corrected chi connectivity index (χ1v) is 10.5. The molecular weight excluding hydrogens is 395 g/mol. The van der Waals surface area contributed by atoms with Gasteiger partial charge in [-0.05, 0) is 36.6 Å². The molecular formula is C23H23FN6O. The molecule has 7 nitrogen and oxygen atoms in total. The number of aromatic nitrogens is 4. The van der Waals surface area contributed by atoms with Crippen molar-refractivity contribution in [1.82, 2.24) is 24.5 Å². The van der Waals surface area contributed by atoms with Gasteiger partial charge in [-0.1, -0.05) is 0 Å². The number of methoxy groups -OCH3 is 1. The van der Waals surface area contributed by atoms with Gasteiger partial charge in [0.25, 0.3) is 0 Å². The first-order chi connectivity index (χ1) is 15.1. The highest BCUT2D eigenvalue weighted by Crippen LogP contribution is 2.35. The number of fused-ring (bicyclic) bond motifs is 3. The van der Waals surface area contributed by atoms with E-state index in [2.05, 4.69) is 33.1 Å². The predicted molar refractivity (Wildman–Crippen MR) is 117 cm³/mol. The van der Waals surface area contributed by atoms with Gasteiger partial charge in [0.15, 0.2) is 17.2 Å². The predicted octanol–water partition coefficient (Wildman–Crippen LogP) is 3.09. The summed E-state index contributed by atoms with van der Waals surface area (Å²) in [6, 6.07) is 4.99. The minimum Gasteiger partial charge on any atom is -0.494 e. The van der Waals surface area contributed by atoms with Gasteiger partial charge in [0.05, 0.1) is 36.9 Å². The molecule has 0 N–H and O–H groups in total. The molecule has 0 saturated carbocycles. The highest BCUT2D eigenvalue weighted by Gasteiger charge is 2.38. The van der Waals surface area contributed by atoms with E-state index in [-0.39, 0.29) is 5.75 Å². The third-order valence-electron chi connectivity index (χ3n) is 6.68. The molecule has 2 saturated heterocycles. The maximum Gasteiger partial charge on any atom is 0.167 e. The molecule has 0 radical (unpaired) electrons. The Kier molecular flexibility index (Phi) is 4.11. The topological polar surface area (TPSA) is 58.8 Å². The average Bonchev–Trinajstić information content (AvgIpc) is 3.44. The van der Waals surface area contributed by atoms with Gasteiger partial charge in [-0.3, -0.25) is 4.98 Å². The zero-order chi connectivity index (χ0) is 21.1. The van der Waals surface area contributed by atoms with Crippen molar-refractivity contribution in [2.75, 3.05) is 45.2 Å². The molecule has 0 aliphatic carbocycles. The minimum atomic E-state index is -0.427. The van der Waals surface area contributed by atoms with Gasteiger partial charge in [0, 0.05) is 49.4 Å². The van der Waals surface area contributed by atoms with Gasteiger partial charge in [0.2, 0.25) is 0 Å². The van der Waals surface area contributed by atoms with Crippen LogP contribution in [0.5, 0.6) is 5.75 Å². The summed E-state index contributed by atoms with van der Waals surface area (Å²) in [5.41, 5.74) is 4.21. The Balaban J connectivity index is 1.39. The highest BCUT2D eigenvalue weighted by molar-refractivity contribution is 5.98. The fourth-order valence-corrected chi connectivity index (χ4v) is 5.20. The lowest BCUT2D eigenvalue weighted by Gasteiger charge is -2.20. The molecule has 8 heteroatoms. The first kappa shape index (κ1) is 18.5. The maximum absolute atomic E-state index is 14.1. The van der Waals surface area contributed by atoms with Crippen LogP contribution in [0.3, 0.4) is 0 Å². The lowest BCUT2D eigenvalue weighted by atomic mass is 10.0. The Bertz CT molecular complexity index is 1290. The van der Waals surface area contributed by atoms with E-state index in [9.17, 15) is 4.39 Å². The lowest BCUT2D eigenvalue weighted by molar-refractivity contribution is 0.387. The molecule has 4 aromatic rings. The Labute approximate surface area is 179 Å². The maximum atomic E-state index is 14.1. The molecule has 6 rings (SSSR count). The summed E-state index contributed by atoms with van der Waals surface area (Å²) in [5.74, 6) is 1.22. The van der Waals surface area contributed by atoms with Crippen molar-refractivity contribution in [3.8, 4) is 16.9 Å². The van der Waals surface area contributed by atoms with Crippen LogP contribution in [0.15, 0.2) is 43.0 Å². The molecule has 31 heavy (non-hydrogen) atoms. The number of anilines is 1. The van der Waals surface area contributed by atoms with Gasteiger partial charge in [-0.2, -0.15) is 5.10 Å². The van der Waals surface area contributed by atoms with E-state index in [4.69, 9.17) is 9.72 Å². The Morgan fingerprint density at radius 3 is 2.61 bits per heavy atom. The van der Waals surface area contributed by atoms with Crippen LogP contribution in [-0.4, -0.2) is 64.8 Å². The summed E-state index contributed by atoms with van der Waals surface area (Å²) in [7, 11) is 3.66. The molecule has 1 aromatic carbocycles. The third kappa shape index (κ3) is 2.93. The number of nitrogens with zero attached hydrogens (tertiary/aromatic N) is 6. The number of likely N-dealkylation sites (tertiary alicyclic amines) is 1. The molecule has 0 spiro atoms. The van der Waals surface area contributed by atoms with Crippen LogP contribution in [0.4, 0.5) is 10.1 Å². The van der Waals surface area contributed by atoms with E-state index >= 15 is 0 Å². The SMILES string of the molecule is COc1cc2c(-c3cnn4cc(N5C[C@H]6CN(C)C[C@H]6C5)cnc34)ccnc2cc1F. The largest absolute Gasteiger partial charge is 0.494 e. The molecule has 2 aliphatic rings. The molecule has 2 atom stereocenters. The van der Waals surface area contributed by atoms with Gasteiger partial charge in [-0.15, -0.1) is 0 Å². The molecule has 2 fully saturated rings. The van der Waals surface area contributed by atoms with Crippen LogP contribution >= 0.6 is 0 Å². The molecule has 0 unspecified atom stereocenters. The van der Waals surface area contributed by atoms with E-state index in [0.29, 0.717) is 5.52 Å². The van der Waals surface area contributed by atoms with Crippen LogP contribution in [0.2, 0.25) is 0 Å². The molecule has 3 aromatic heterocycles. The van der Waals surface area contributed by atoms with E-state index in [1.54, 1.807) is 12.3 Å². The second kappa shape index (κ2) is 6.88. The van der Waals surface area contributed by atoms with Crippen molar-refractivity contribution in [3.63, 3.8) is 0 Å². The number of pyridine rings is 1. The number of halogens is 1. The van der Waals surface area contributed by atoms with E-state index in [1.165, 1.54) is 26.3 Å². The van der Waals surface area contributed by atoms with Gasteiger partial charge in [0.1, 0.15) is 0 Å². The van der Waals surface area contributed by atoms with E-state index in [0.717, 1.165) is 52.8 Å².